The normalized spacial score (nSPS) is 17.1. The number of benzene rings is 2. The standard InChI is InChI=1S/C25H28ClN3O2/c1-2-20-18-28(17-19-8-4-3-5-9-19)14-15-29(20)25(30)13-12-24-27-16-23(31-24)21-10-6-7-11-22(21)26/h3-11,16,20H,2,12-15,17-18H2,1H3/t20-/m0/s1. The maximum absolute atomic E-state index is 13.0. The average Bonchev–Trinajstić information content (AvgIpc) is 3.27. The summed E-state index contributed by atoms with van der Waals surface area (Å²) in [6.07, 6.45) is 3.52. The van der Waals surface area contributed by atoms with E-state index in [9.17, 15) is 4.79 Å². The van der Waals surface area contributed by atoms with Gasteiger partial charge in [-0.25, -0.2) is 4.98 Å². The summed E-state index contributed by atoms with van der Waals surface area (Å²) in [6.45, 7) is 5.65. The van der Waals surface area contributed by atoms with Gasteiger partial charge >= 0.3 is 0 Å². The summed E-state index contributed by atoms with van der Waals surface area (Å²) in [5.41, 5.74) is 2.13. The molecule has 5 nitrogen and oxygen atoms in total. The Bertz CT molecular complexity index is 1000. The zero-order chi connectivity index (χ0) is 21.6. The number of carbonyl (C=O) groups excluding carboxylic acids is 1. The molecule has 1 atom stereocenters. The zero-order valence-electron chi connectivity index (χ0n) is 17.8. The van der Waals surface area contributed by atoms with Gasteiger partial charge in [0.1, 0.15) is 0 Å². The van der Waals surface area contributed by atoms with Crippen LogP contribution in [0, 0.1) is 0 Å². The van der Waals surface area contributed by atoms with Crippen molar-refractivity contribution in [2.45, 2.75) is 38.8 Å². The van der Waals surface area contributed by atoms with E-state index in [0.29, 0.717) is 29.5 Å². The molecule has 2 heterocycles. The third kappa shape index (κ3) is 5.35. The van der Waals surface area contributed by atoms with Crippen LogP contribution >= 0.6 is 11.6 Å². The van der Waals surface area contributed by atoms with E-state index in [0.717, 1.165) is 38.2 Å². The highest BCUT2D eigenvalue weighted by Crippen LogP contribution is 2.28. The van der Waals surface area contributed by atoms with E-state index in [-0.39, 0.29) is 11.9 Å². The maximum atomic E-state index is 13.0. The van der Waals surface area contributed by atoms with Gasteiger partial charge in [-0.1, -0.05) is 61.0 Å². The molecule has 0 N–H and O–H groups in total. The number of amides is 1. The lowest BCUT2D eigenvalue weighted by Gasteiger charge is -2.41. The molecule has 1 amide bonds. The summed E-state index contributed by atoms with van der Waals surface area (Å²) in [7, 11) is 0. The van der Waals surface area contributed by atoms with E-state index in [1.54, 1.807) is 6.20 Å². The van der Waals surface area contributed by atoms with Gasteiger partial charge in [-0.15, -0.1) is 0 Å². The van der Waals surface area contributed by atoms with Crippen molar-refractivity contribution in [3.05, 3.63) is 77.3 Å². The molecule has 162 valence electrons. The Morgan fingerprint density at radius 2 is 1.90 bits per heavy atom. The van der Waals surface area contributed by atoms with Crippen LogP contribution in [0.15, 0.2) is 65.2 Å². The van der Waals surface area contributed by atoms with Gasteiger partial charge in [-0.3, -0.25) is 9.69 Å². The number of halogens is 1. The second kappa shape index (κ2) is 10.1. The van der Waals surface area contributed by atoms with Crippen LogP contribution in [-0.4, -0.2) is 46.4 Å². The molecule has 0 aliphatic carbocycles. The lowest BCUT2D eigenvalue weighted by atomic mass is 10.1. The molecule has 6 heteroatoms. The van der Waals surface area contributed by atoms with Crippen molar-refractivity contribution in [3.8, 4) is 11.3 Å². The minimum Gasteiger partial charge on any atom is -0.441 e. The second-order valence-corrected chi connectivity index (χ2v) is 8.38. The summed E-state index contributed by atoms with van der Waals surface area (Å²) in [4.78, 5) is 21.8. The fourth-order valence-corrected chi connectivity index (χ4v) is 4.38. The van der Waals surface area contributed by atoms with Crippen molar-refractivity contribution >= 4 is 17.5 Å². The molecule has 0 saturated carbocycles. The minimum atomic E-state index is 0.170. The first-order valence-electron chi connectivity index (χ1n) is 10.9. The van der Waals surface area contributed by atoms with Crippen molar-refractivity contribution in [3.63, 3.8) is 0 Å². The number of oxazole rings is 1. The molecular weight excluding hydrogens is 410 g/mol. The van der Waals surface area contributed by atoms with Gasteiger partial charge in [0.15, 0.2) is 11.7 Å². The van der Waals surface area contributed by atoms with Crippen LogP contribution in [0.5, 0.6) is 0 Å². The van der Waals surface area contributed by atoms with Crippen molar-refractivity contribution in [2.24, 2.45) is 0 Å². The summed E-state index contributed by atoms with van der Waals surface area (Å²) in [6, 6.07) is 18.3. The van der Waals surface area contributed by atoms with Gasteiger partial charge in [-0.2, -0.15) is 0 Å². The third-order valence-corrected chi connectivity index (χ3v) is 6.18. The Morgan fingerprint density at radius 1 is 1.13 bits per heavy atom. The SMILES string of the molecule is CC[C@H]1CN(Cc2ccccc2)CCN1C(=O)CCc1ncc(-c2ccccc2Cl)o1. The van der Waals surface area contributed by atoms with Crippen LogP contribution < -0.4 is 0 Å². The van der Waals surface area contributed by atoms with Crippen LogP contribution in [0.4, 0.5) is 0 Å². The Hall–Kier alpha value is -2.63. The first kappa shape index (κ1) is 21.6. The molecule has 1 aromatic heterocycles. The van der Waals surface area contributed by atoms with Gasteiger partial charge in [0.25, 0.3) is 0 Å². The lowest BCUT2D eigenvalue weighted by molar-refractivity contribution is -0.136. The van der Waals surface area contributed by atoms with Gasteiger partial charge in [0.2, 0.25) is 5.91 Å². The van der Waals surface area contributed by atoms with Crippen molar-refractivity contribution < 1.29 is 9.21 Å². The topological polar surface area (TPSA) is 49.6 Å². The van der Waals surface area contributed by atoms with Gasteiger partial charge < -0.3 is 9.32 Å². The van der Waals surface area contributed by atoms with Crippen LogP contribution in [0.25, 0.3) is 11.3 Å². The van der Waals surface area contributed by atoms with E-state index >= 15 is 0 Å². The molecule has 4 rings (SSSR count). The van der Waals surface area contributed by atoms with Crippen LogP contribution in [0.2, 0.25) is 5.02 Å². The van der Waals surface area contributed by atoms with Crippen LogP contribution in [0.3, 0.4) is 0 Å². The number of nitrogens with zero attached hydrogens (tertiary/aromatic N) is 3. The summed E-state index contributed by atoms with van der Waals surface area (Å²) in [5, 5.41) is 0.625. The molecular formula is C25H28ClN3O2. The molecule has 0 bridgehead atoms. The first-order chi connectivity index (χ1) is 15.1. The van der Waals surface area contributed by atoms with Crippen LogP contribution in [0.1, 0.15) is 31.2 Å². The van der Waals surface area contributed by atoms with E-state index in [2.05, 4.69) is 41.1 Å². The number of hydrogen-bond donors (Lipinski definition) is 0. The summed E-state index contributed by atoms with van der Waals surface area (Å²) < 4.78 is 5.85. The minimum absolute atomic E-state index is 0.170. The molecule has 0 spiro atoms. The van der Waals surface area contributed by atoms with Crippen molar-refractivity contribution in [1.82, 2.24) is 14.8 Å². The maximum Gasteiger partial charge on any atom is 0.223 e. The molecule has 1 saturated heterocycles. The predicted molar refractivity (Wildman–Crippen MR) is 123 cm³/mol. The Labute approximate surface area is 188 Å². The molecule has 31 heavy (non-hydrogen) atoms. The smallest absolute Gasteiger partial charge is 0.223 e. The number of carbonyl (C=O) groups is 1. The van der Waals surface area contributed by atoms with Crippen molar-refractivity contribution in [2.75, 3.05) is 19.6 Å². The molecule has 0 radical (unpaired) electrons. The van der Waals surface area contributed by atoms with Gasteiger partial charge in [-0.05, 0) is 24.1 Å². The lowest BCUT2D eigenvalue weighted by Crippen LogP contribution is -2.54. The number of hydrogen-bond acceptors (Lipinski definition) is 4. The fraction of sp³-hybridized carbons (Fsp3) is 0.360. The second-order valence-electron chi connectivity index (χ2n) is 7.97. The van der Waals surface area contributed by atoms with Crippen molar-refractivity contribution in [1.29, 1.82) is 0 Å². The Morgan fingerprint density at radius 3 is 2.68 bits per heavy atom. The first-order valence-corrected chi connectivity index (χ1v) is 11.3. The van der Waals surface area contributed by atoms with E-state index in [1.807, 2.05) is 35.2 Å². The zero-order valence-corrected chi connectivity index (χ0v) is 18.6. The van der Waals surface area contributed by atoms with Gasteiger partial charge in [0.05, 0.1) is 11.2 Å². The number of piperazine rings is 1. The molecule has 1 aliphatic rings. The largest absolute Gasteiger partial charge is 0.441 e. The average molecular weight is 438 g/mol. The Balaban J connectivity index is 1.32. The molecule has 0 unspecified atom stereocenters. The number of rotatable bonds is 7. The molecule has 1 aliphatic heterocycles. The highest BCUT2D eigenvalue weighted by molar-refractivity contribution is 6.33. The summed E-state index contributed by atoms with van der Waals surface area (Å²) >= 11 is 6.24. The Kier molecular flexibility index (Phi) is 7.05. The van der Waals surface area contributed by atoms with E-state index in [1.165, 1.54) is 5.56 Å². The monoisotopic (exact) mass is 437 g/mol. The molecule has 2 aromatic carbocycles. The third-order valence-electron chi connectivity index (χ3n) is 5.85. The van der Waals surface area contributed by atoms with E-state index in [4.69, 9.17) is 16.0 Å². The fourth-order valence-electron chi connectivity index (χ4n) is 4.15. The summed E-state index contributed by atoms with van der Waals surface area (Å²) in [5.74, 6) is 1.37. The highest BCUT2D eigenvalue weighted by Gasteiger charge is 2.29. The molecule has 1 fully saturated rings. The van der Waals surface area contributed by atoms with Gasteiger partial charge in [0, 0.05) is 50.6 Å². The number of aryl methyl sites for hydroxylation is 1. The highest BCUT2D eigenvalue weighted by atomic mass is 35.5. The molecule has 3 aromatic rings. The predicted octanol–water partition coefficient (Wildman–Crippen LogP) is 5.05. The van der Waals surface area contributed by atoms with E-state index < -0.39 is 0 Å². The number of aromatic nitrogens is 1. The quantitative estimate of drug-likeness (QED) is 0.519. The van der Waals surface area contributed by atoms with Crippen LogP contribution in [-0.2, 0) is 17.8 Å².